The second-order valence-corrected chi connectivity index (χ2v) is 5.25. The minimum absolute atomic E-state index is 0.426. The van der Waals surface area contributed by atoms with Crippen LogP contribution in [-0.4, -0.2) is 19.3 Å². The van der Waals surface area contributed by atoms with E-state index in [2.05, 4.69) is 6.92 Å². The van der Waals surface area contributed by atoms with Crippen LogP contribution >= 0.6 is 0 Å². The van der Waals surface area contributed by atoms with Crippen LogP contribution in [0.25, 0.3) is 0 Å². The van der Waals surface area contributed by atoms with Crippen LogP contribution in [0.15, 0.2) is 24.3 Å². The average molecular weight is 263 g/mol. The molecule has 0 spiro atoms. The summed E-state index contributed by atoms with van der Waals surface area (Å²) >= 11 is 0. The van der Waals surface area contributed by atoms with Crippen LogP contribution in [0.3, 0.4) is 0 Å². The van der Waals surface area contributed by atoms with Crippen LogP contribution in [0.4, 0.5) is 5.69 Å². The zero-order valence-electron chi connectivity index (χ0n) is 11.8. The first kappa shape index (κ1) is 14.2. The third-order valence-electron chi connectivity index (χ3n) is 3.96. The summed E-state index contributed by atoms with van der Waals surface area (Å²) in [5.41, 5.74) is 6.51. The maximum Gasteiger partial charge on any atom is 0.142 e. The van der Waals surface area contributed by atoms with Crippen molar-refractivity contribution in [1.82, 2.24) is 0 Å². The summed E-state index contributed by atoms with van der Waals surface area (Å²) in [7, 11) is 0. The van der Waals surface area contributed by atoms with Crippen molar-refractivity contribution in [3.05, 3.63) is 24.3 Å². The van der Waals surface area contributed by atoms with Gasteiger partial charge in [0.2, 0.25) is 0 Å². The highest BCUT2D eigenvalue weighted by Crippen LogP contribution is 2.29. The van der Waals surface area contributed by atoms with Gasteiger partial charge in [-0.1, -0.05) is 38.3 Å². The van der Waals surface area contributed by atoms with E-state index in [-0.39, 0.29) is 0 Å². The lowest BCUT2D eigenvalue weighted by atomic mass is 9.85. The molecule has 0 aliphatic heterocycles. The summed E-state index contributed by atoms with van der Waals surface area (Å²) in [5.74, 6) is 1.48. The summed E-state index contributed by atoms with van der Waals surface area (Å²) < 4.78 is 11.6. The Kier molecular flexibility index (Phi) is 5.52. The van der Waals surface area contributed by atoms with E-state index in [1.807, 2.05) is 24.3 Å². The van der Waals surface area contributed by atoms with E-state index in [4.69, 9.17) is 15.2 Å². The predicted molar refractivity (Wildman–Crippen MR) is 78.3 cm³/mol. The Labute approximate surface area is 116 Å². The Morgan fingerprint density at radius 3 is 2.74 bits per heavy atom. The Balaban J connectivity index is 1.70. The van der Waals surface area contributed by atoms with Crippen molar-refractivity contribution >= 4 is 5.69 Å². The monoisotopic (exact) mass is 263 g/mol. The Morgan fingerprint density at radius 2 is 1.95 bits per heavy atom. The highest BCUT2D eigenvalue weighted by atomic mass is 16.5. The summed E-state index contributed by atoms with van der Waals surface area (Å²) in [4.78, 5) is 0. The number of nitrogen functional groups attached to an aromatic ring is 1. The molecule has 0 heterocycles. The molecular weight excluding hydrogens is 238 g/mol. The fourth-order valence-corrected chi connectivity index (χ4v) is 2.82. The first-order valence-electron chi connectivity index (χ1n) is 7.40. The Morgan fingerprint density at radius 1 is 1.16 bits per heavy atom. The molecule has 0 saturated heterocycles. The van der Waals surface area contributed by atoms with Crippen molar-refractivity contribution < 1.29 is 9.47 Å². The lowest BCUT2D eigenvalue weighted by molar-refractivity contribution is -0.0227. The van der Waals surface area contributed by atoms with Gasteiger partial charge in [-0.2, -0.15) is 0 Å². The summed E-state index contributed by atoms with van der Waals surface area (Å²) in [6, 6.07) is 7.59. The molecule has 0 amide bonds. The van der Waals surface area contributed by atoms with Crippen molar-refractivity contribution in [1.29, 1.82) is 0 Å². The fourth-order valence-electron chi connectivity index (χ4n) is 2.82. The lowest BCUT2D eigenvalue weighted by Gasteiger charge is -2.30. The molecule has 2 rings (SSSR count). The number of para-hydroxylation sites is 2. The van der Waals surface area contributed by atoms with Crippen molar-refractivity contribution in [2.24, 2.45) is 5.92 Å². The number of ether oxygens (including phenoxy) is 2. The molecule has 2 unspecified atom stereocenters. The molecule has 2 atom stereocenters. The minimum Gasteiger partial charge on any atom is -0.489 e. The van der Waals surface area contributed by atoms with Gasteiger partial charge in [-0.3, -0.25) is 0 Å². The standard InChI is InChI=1S/C16H25NO2/c1-2-13-7-3-5-9-15(13)18-11-12-19-16-10-6-4-8-14(16)17/h4,6,8,10,13,15H,2-3,5,7,9,11-12,17H2,1H3. The van der Waals surface area contributed by atoms with E-state index in [9.17, 15) is 0 Å². The van der Waals surface area contributed by atoms with E-state index < -0.39 is 0 Å². The zero-order valence-corrected chi connectivity index (χ0v) is 11.8. The molecule has 106 valence electrons. The molecule has 3 heteroatoms. The molecule has 2 N–H and O–H groups in total. The normalized spacial score (nSPS) is 23.2. The van der Waals surface area contributed by atoms with Gasteiger partial charge < -0.3 is 15.2 Å². The van der Waals surface area contributed by atoms with Gasteiger partial charge in [0.15, 0.2) is 0 Å². The second-order valence-electron chi connectivity index (χ2n) is 5.25. The molecule has 0 bridgehead atoms. The van der Waals surface area contributed by atoms with Crippen molar-refractivity contribution in [3.63, 3.8) is 0 Å². The molecule has 1 aliphatic carbocycles. The smallest absolute Gasteiger partial charge is 0.142 e. The van der Waals surface area contributed by atoms with Crippen LogP contribution in [0, 0.1) is 5.92 Å². The van der Waals surface area contributed by atoms with Crippen molar-refractivity contribution in [2.75, 3.05) is 18.9 Å². The maximum atomic E-state index is 5.98. The van der Waals surface area contributed by atoms with E-state index in [0.717, 1.165) is 11.7 Å². The van der Waals surface area contributed by atoms with Gasteiger partial charge in [0.1, 0.15) is 12.4 Å². The van der Waals surface area contributed by atoms with Gasteiger partial charge in [-0.05, 0) is 30.9 Å². The third-order valence-corrected chi connectivity index (χ3v) is 3.96. The second kappa shape index (κ2) is 7.39. The van der Waals surface area contributed by atoms with Crippen LogP contribution < -0.4 is 10.5 Å². The van der Waals surface area contributed by atoms with Crippen LogP contribution in [-0.2, 0) is 4.74 Å². The predicted octanol–water partition coefficient (Wildman–Crippen LogP) is 3.63. The van der Waals surface area contributed by atoms with Gasteiger partial charge in [0, 0.05) is 0 Å². The molecule has 3 nitrogen and oxygen atoms in total. The summed E-state index contributed by atoms with van der Waals surface area (Å²) in [6.45, 7) is 3.48. The van der Waals surface area contributed by atoms with Crippen LogP contribution in [0.1, 0.15) is 39.0 Å². The largest absolute Gasteiger partial charge is 0.489 e. The van der Waals surface area contributed by atoms with E-state index >= 15 is 0 Å². The lowest BCUT2D eigenvalue weighted by Crippen LogP contribution is -2.28. The highest BCUT2D eigenvalue weighted by molar-refractivity contribution is 5.51. The average Bonchev–Trinajstić information content (AvgIpc) is 2.45. The summed E-state index contributed by atoms with van der Waals surface area (Å²) in [6.07, 6.45) is 6.82. The van der Waals surface area contributed by atoms with E-state index in [1.54, 1.807) is 0 Å². The third kappa shape index (κ3) is 4.13. The highest BCUT2D eigenvalue weighted by Gasteiger charge is 2.23. The Hall–Kier alpha value is -1.22. The zero-order chi connectivity index (χ0) is 13.5. The number of rotatable bonds is 6. The van der Waals surface area contributed by atoms with Gasteiger partial charge in [-0.25, -0.2) is 0 Å². The molecule has 1 aliphatic rings. The van der Waals surface area contributed by atoms with Gasteiger partial charge in [0.25, 0.3) is 0 Å². The Bertz CT molecular complexity index is 381. The van der Waals surface area contributed by atoms with Gasteiger partial charge in [-0.15, -0.1) is 0 Å². The van der Waals surface area contributed by atoms with Gasteiger partial charge in [0.05, 0.1) is 18.4 Å². The first-order chi connectivity index (χ1) is 9.31. The molecule has 19 heavy (non-hydrogen) atoms. The number of anilines is 1. The quantitative estimate of drug-likeness (QED) is 0.629. The van der Waals surface area contributed by atoms with Crippen LogP contribution in [0.5, 0.6) is 5.75 Å². The molecule has 1 aromatic carbocycles. The molecule has 0 aromatic heterocycles. The molecule has 1 saturated carbocycles. The molecule has 1 aromatic rings. The SMILES string of the molecule is CCC1CCCCC1OCCOc1ccccc1N. The van der Waals surface area contributed by atoms with Crippen molar-refractivity contribution in [3.8, 4) is 5.75 Å². The molecule has 1 fully saturated rings. The maximum absolute atomic E-state index is 5.98. The molecular formula is C16H25NO2. The van der Waals surface area contributed by atoms with Crippen molar-refractivity contribution in [2.45, 2.75) is 45.1 Å². The molecule has 0 radical (unpaired) electrons. The first-order valence-corrected chi connectivity index (χ1v) is 7.40. The number of hydrogen-bond acceptors (Lipinski definition) is 3. The number of nitrogens with two attached hydrogens (primary N) is 1. The van der Waals surface area contributed by atoms with Crippen LogP contribution in [0.2, 0.25) is 0 Å². The van der Waals surface area contributed by atoms with Gasteiger partial charge >= 0.3 is 0 Å². The minimum atomic E-state index is 0.426. The summed E-state index contributed by atoms with van der Waals surface area (Å²) in [5, 5.41) is 0. The topological polar surface area (TPSA) is 44.5 Å². The number of hydrogen-bond donors (Lipinski definition) is 1. The fraction of sp³-hybridized carbons (Fsp3) is 0.625. The van der Waals surface area contributed by atoms with E-state index in [0.29, 0.717) is 25.0 Å². The number of benzene rings is 1. The van der Waals surface area contributed by atoms with E-state index in [1.165, 1.54) is 32.1 Å².